The first-order valence-electron chi connectivity index (χ1n) is 11.3. The summed E-state index contributed by atoms with van der Waals surface area (Å²) in [6, 6.07) is 27.1. The Labute approximate surface area is 186 Å². The fraction of sp³-hybridized carbons (Fsp3) is 0.321. The van der Waals surface area contributed by atoms with E-state index < -0.39 is 0 Å². The van der Waals surface area contributed by atoms with Gasteiger partial charge in [-0.3, -0.25) is 4.79 Å². The number of hydrogen-bond donors (Lipinski definition) is 1. The zero-order valence-corrected chi connectivity index (χ0v) is 18.9. The Morgan fingerprint density at radius 1 is 0.935 bits per heavy atom. The van der Waals surface area contributed by atoms with Crippen molar-refractivity contribution in [3.05, 3.63) is 95.6 Å². The predicted octanol–water partition coefficient (Wildman–Crippen LogP) is 7.04. The lowest BCUT2D eigenvalue weighted by molar-refractivity contribution is 0.0960. The molecule has 0 aromatic heterocycles. The number of hydrogen-bond acceptors (Lipinski definition) is 2. The van der Waals surface area contributed by atoms with E-state index in [2.05, 4.69) is 87.6 Å². The van der Waals surface area contributed by atoms with Crippen LogP contribution in [0.4, 0.5) is 11.4 Å². The Morgan fingerprint density at radius 3 is 2.23 bits per heavy atom. The summed E-state index contributed by atoms with van der Waals surface area (Å²) in [6.45, 7) is 8.78. The van der Waals surface area contributed by atoms with Crippen molar-refractivity contribution in [2.24, 2.45) is 5.92 Å². The van der Waals surface area contributed by atoms with Gasteiger partial charge in [-0.2, -0.15) is 0 Å². The fourth-order valence-electron chi connectivity index (χ4n) is 4.78. The molecule has 160 valence electrons. The maximum atomic E-state index is 13.7. The van der Waals surface area contributed by atoms with Crippen LogP contribution in [0.5, 0.6) is 0 Å². The maximum absolute atomic E-state index is 13.7. The van der Waals surface area contributed by atoms with Crippen molar-refractivity contribution >= 4 is 17.3 Å². The number of para-hydroxylation sites is 2. The Bertz CT molecular complexity index is 1030. The van der Waals surface area contributed by atoms with E-state index in [1.165, 1.54) is 11.1 Å². The summed E-state index contributed by atoms with van der Waals surface area (Å²) in [6.07, 6.45) is 0.901. The van der Waals surface area contributed by atoms with Gasteiger partial charge in [-0.1, -0.05) is 76.2 Å². The minimum atomic E-state index is 0.0830. The van der Waals surface area contributed by atoms with E-state index in [-0.39, 0.29) is 23.9 Å². The number of fused-ring (bicyclic) bond motifs is 1. The average Bonchev–Trinajstić information content (AvgIpc) is 2.80. The molecule has 0 radical (unpaired) electrons. The second-order valence-electron chi connectivity index (χ2n) is 8.83. The number of anilines is 2. The molecule has 0 fully saturated rings. The molecule has 1 heterocycles. The number of nitrogens with zero attached hydrogens (tertiary/aromatic N) is 1. The van der Waals surface area contributed by atoms with E-state index in [0.29, 0.717) is 5.92 Å². The van der Waals surface area contributed by atoms with Crippen LogP contribution in [0, 0.1) is 5.92 Å². The molecule has 3 aromatic rings. The van der Waals surface area contributed by atoms with Crippen LogP contribution in [-0.4, -0.2) is 11.9 Å². The number of amides is 1. The van der Waals surface area contributed by atoms with Gasteiger partial charge in [-0.05, 0) is 53.8 Å². The molecule has 0 aliphatic carbocycles. The van der Waals surface area contributed by atoms with Gasteiger partial charge in [0.05, 0.1) is 6.04 Å². The largest absolute Gasteiger partial charge is 0.378 e. The molecular weight excluding hydrogens is 380 g/mol. The lowest BCUT2D eigenvalue weighted by Crippen LogP contribution is -2.50. The van der Waals surface area contributed by atoms with Gasteiger partial charge < -0.3 is 10.2 Å². The number of rotatable bonds is 5. The lowest BCUT2D eigenvalue weighted by Gasteiger charge is -2.45. The van der Waals surface area contributed by atoms with Gasteiger partial charge in [-0.15, -0.1) is 0 Å². The monoisotopic (exact) mass is 412 g/mol. The van der Waals surface area contributed by atoms with E-state index in [0.717, 1.165) is 23.4 Å². The van der Waals surface area contributed by atoms with Crippen LogP contribution in [0.2, 0.25) is 0 Å². The van der Waals surface area contributed by atoms with Crippen molar-refractivity contribution in [1.29, 1.82) is 0 Å². The van der Waals surface area contributed by atoms with E-state index >= 15 is 0 Å². The third kappa shape index (κ3) is 4.10. The highest BCUT2D eigenvalue weighted by molar-refractivity contribution is 6.07. The first-order valence-corrected chi connectivity index (χ1v) is 11.3. The summed E-state index contributed by atoms with van der Waals surface area (Å²) in [4.78, 5) is 15.8. The molecule has 1 aliphatic heterocycles. The third-order valence-electron chi connectivity index (χ3n) is 6.55. The van der Waals surface area contributed by atoms with Gasteiger partial charge in [0.1, 0.15) is 0 Å². The van der Waals surface area contributed by atoms with Gasteiger partial charge in [0, 0.05) is 28.9 Å². The molecule has 3 heteroatoms. The molecule has 1 aliphatic rings. The first kappa shape index (κ1) is 21.2. The molecule has 4 rings (SSSR count). The van der Waals surface area contributed by atoms with Gasteiger partial charge >= 0.3 is 0 Å². The van der Waals surface area contributed by atoms with Gasteiger partial charge in [0.25, 0.3) is 5.91 Å². The molecule has 0 spiro atoms. The van der Waals surface area contributed by atoms with Crippen LogP contribution in [0.25, 0.3) is 0 Å². The molecule has 0 bridgehead atoms. The number of carbonyl (C=O) groups is 1. The first-order chi connectivity index (χ1) is 15.0. The Hall–Kier alpha value is -3.07. The number of nitrogens with one attached hydrogen (secondary N) is 1. The molecule has 31 heavy (non-hydrogen) atoms. The molecule has 3 nitrogen and oxygen atoms in total. The minimum Gasteiger partial charge on any atom is -0.378 e. The molecule has 1 amide bonds. The second kappa shape index (κ2) is 8.97. The van der Waals surface area contributed by atoms with Crippen molar-refractivity contribution in [1.82, 2.24) is 0 Å². The Morgan fingerprint density at radius 2 is 1.58 bits per heavy atom. The van der Waals surface area contributed by atoms with Crippen LogP contribution in [0.15, 0.2) is 78.9 Å². The van der Waals surface area contributed by atoms with Crippen LogP contribution >= 0.6 is 0 Å². The highest BCUT2D eigenvalue weighted by atomic mass is 16.2. The Kier molecular flexibility index (Phi) is 6.13. The smallest absolute Gasteiger partial charge is 0.258 e. The summed E-state index contributed by atoms with van der Waals surface area (Å²) in [5, 5.41) is 3.73. The van der Waals surface area contributed by atoms with Gasteiger partial charge in [0.15, 0.2) is 0 Å². The van der Waals surface area contributed by atoms with E-state index in [9.17, 15) is 4.79 Å². The SMILES string of the molecule is CC[C@H]1[C@H](C)[C@H](Nc2ccccc2)c2ccccc2N1C(=O)c1ccc(C(C)C)cc1. The van der Waals surface area contributed by atoms with E-state index in [1.54, 1.807) is 0 Å². The lowest BCUT2D eigenvalue weighted by atomic mass is 9.80. The average molecular weight is 413 g/mol. The van der Waals surface area contributed by atoms with Crippen molar-refractivity contribution in [3.63, 3.8) is 0 Å². The Balaban J connectivity index is 1.73. The normalized spacial score (nSPS) is 20.4. The standard InChI is InChI=1S/C28H32N2O/c1-5-25-20(4)27(29-23-11-7-6-8-12-23)24-13-9-10-14-26(24)30(25)28(31)22-17-15-21(16-18-22)19(2)3/h6-20,25,27,29H,5H2,1-4H3/t20-,25-,27-/m0/s1. The van der Waals surface area contributed by atoms with Crippen LogP contribution < -0.4 is 10.2 Å². The number of carbonyl (C=O) groups excluding carboxylic acids is 1. The van der Waals surface area contributed by atoms with E-state index in [1.807, 2.05) is 29.2 Å². The summed E-state index contributed by atoms with van der Waals surface area (Å²) >= 11 is 0. The summed E-state index contributed by atoms with van der Waals surface area (Å²) < 4.78 is 0. The van der Waals surface area contributed by atoms with Crippen molar-refractivity contribution in [3.8, 4) is 0 Å². The highest BCUT2D eigenvalue weighted by Gasteiger charge is 2.40. The minimum absolute atomic E-state index is 0.0830. The molecule has 0 saturated heterocycles. The molecular formula is C28H32N2O. The summed E-state index contributed by atoms with van der Waals surface area (Å²) in [5.41, 5.74) is 5.30. The number of benzene rings is 3. The third-order valence-corrected chi connectivity index (χ3v) is 6.55. The van der Waals surface area contributed by atoms with Crippen LogP contribution in [0.1, 0.15) is 67.6 Å². The summed E-state index contributed by atoms with van der Waals surface area (Å²) in [7, 11) is 0. The predicted molar refractivity (Wildman–Crippen MR) is 130 cm³/mol. The van der Waals surface area contributed by atoms with Gasteiger partial charge in [-0.25, -0.2) is 0 Å². The van der Waals surface area contributed by atoms with Gasteiger partial charge in [0.2, 0.25) is 0 Å². The van der Waals surface area contributed by atoms with E-state index in [4.69, 9.17) is 0 Å². The molecule has 1 N–H and O–H groups in total. The quantitative estimate of drug-likeness (QED) is 0.487. The zero-order valence-electron chi connectivity index (χ0n) is 18.9. The molecule has 0 unspecified atom stereocenters. The fourth-order valence-corrected chi connectivity index (χ4v) is 4.78. The maximum Gasteiger partial charge on any atom is 0.258 e. The van der Waals surface area contributed by atoms with Crippen molar-refractivity contribution in [2.75, 3.05) is 10.2 Å². The zero-order chi connectivity index (χ0) is 22.0. The molecule has 0 saturated carbocycles. The second-order valence-corrected chi connectivity index (χ2v) is 8.83. The van der Waals surface area contributed by atoms with Crippen molar-refractivity contribution < 1.29 is 4.79 Å². The van der Waals surface area contributed by atoms with Crippen LogP contribution in [0.3, 0.4) is 0 Å². The molecule has 3 atom stereocenters. The highest BCUT2D eigenvalue weighted by Crippen LogP contribution is 2.44. The topological polar surface area (TPSA) is 32.3 Å². The molecule has 3 aromatic carbocycles. The summed E-state index contributed by atoms with van der Waals surface area (Å²) in [5.74, 6) is 0.798. The van der Waals surface area contributed by atoms with Crippen molar-refractivity contribution in [2.45, 2.75) is 52.1 Å². The van der Waals surface area contributed by atoms with Crippen LogP contribution in [-0.2, 0) is 0 Å².